The molecule has 0 radical (unpaired) electrons. The fraction of sp³-hybridized carbons (Fsp3) is 0.0149. The second kappa shape index (κ2) is 16.7. The predicted molar refractivity (Wildman–Crippen MR) is 287 cm³/mol. The van der Waals surface area contributed by atoms with Gasteiger partial charge in [0, 0.05) is 27.7 Å². The molecule has 0 amide bonds. The lowest BCUT2D eigenvalue weighted by molar-refractivity contribution is 0.669. The van der Waals surface area contributed by atoms with Crippen LogP contribution in [-0.2, 0) is 5.41 Å². The molecule has 0 fully saturated rings. The van der Waals surface area contributed by atoms with Gasteiger partial charge in [-0.1, -0.05) is 224 Å². The van der Waals surface area contributed by atoms with E-state index >= 15 is 0 Å². The molecule has 1 aliphatic carbocycles. The van der Waals surface area contributed by atoms with Gasteiger partial charge in [-0.3, -0.25) is 0 Å². The highest BCUT2D eigenvalue weighted by atomic mass is 16.3. The maximum atomic E-state index is 6.20. The van der Waals surface area contributed by atoms with Gasteiger partial charge in [0.05, 0.1) is 11.1 Å². The molecule has 11 aromatic carbocycles. The number of hydrogen-bond donors (Lipinski definition) is 0. The second-order valence-corrected chi connectivity index (χ2v) is 17.9. The number of para-hydroxylation sites is 2. The van der Waals surface area contributed by atoms with Crippen molar-refractivity contribution in [2.45, 2.75) is 5.41 Å². The lowest BCUT2D eigenvalue weighted by Gasteiger charge is -2.34. The number of nitrogens with zero attached hydrogens (tertiary/aromatic N) is 1. The largest absolute Gasteiger partial charge is 0.456 e. The molecule has 0 bridgehead atoms. The molecule has 13 rings (SSSR count). The zero-order valence-corrected chi connectivity index (χ0v) is 37.8. The lowest BCUT2D eigenvalue weighted by Crippen LogP contribution is -2.28. The third-order valence-corrected chi connectivity index (χ3v) is 14.2. The Morgan fingerprint density at radius 3 is 1.45 bits per heavy atom. The Labute approximate surface area is 402 Å². The summed E-state index contributed by atoms with van der Waals surface area (Å²) in [5.74, 6) is 0. The van der Waals surface area contributed by atoms with Crippen LogP contribution in [0.25, 0.3) is 77.6 Å². The Hall–Kier alpha value is -8.98. The lowest BCUT2D eigenvalue weighted by atomic mass is 9.67. The van der Waals surface area contributed by atoms with Crippen LogP contribution < -0.4 is 4.90 Å². The van der Waals surface area contributed by atoms with Crippen LogP contribution in [0.4, 0.5) is 17.1 Å². The Kier molecular flexibility index (Phi) is 9.77. The number of anilines is 3. The first-order valence-electron chi connectivity index (χ1n) is 23.7. The van der Waals surface area contributed by atoms with Crippen molar-refractivity contribution < 1.29 is 4.42 Å². The van der Waals surface area contributed by atoms with Crippen molar-refractivity contribution >= 4 is 39.0 Å². The van der Waals surface area contributed by atoms with Crippen LogP contribution in [0.5, 0.6) is 0 Å². The number of furan rings is 1. The van der Waals surface area contributed by atoms with Crippen LogP contribution in [0, 0.1) is 0 Å². The van der Waals surface area contributed by atoms with E-state index < -0.39 is 5.41 Å². The Morgan fingerprint density at radius 1 is 0.290 bits per heavy atom. The summed E-state index contributed by atoms with van der Waals surface area (Å²) in [5, 5.41) is 2.25. The fourth-order valence-electron chi connectivity index (χ4n) is 11.1. The van der Waals surface area contributed by atoms with E-state index in [0.717, 1.165) is 55.7 Å². The monoisotopic (exact) mass is 879 g/mol. The van der Waals surface area contributed by atoms with Crippen LogP contribution in [-0.4, -0.2) is 0 Å². The molecular formula is C67H45NO. The summed E-state index contributed by atoms with van der Waals surface area (Å²) < 4.78 is 6.20. The van der Waals surface area contributed by atoms with Gasteiger partial charge in [0.1, 0.15) is 11.2 Å². The molecule has 0 saturated heterocycles. The molecule has 0 N–H and O–H groups in total. The van der Waals surface area contributed by atoms with Gasteiger partial charge in [-0.25, -0.2) is 0 Å². The van der Waals surface area contributed by atoms with Gasteiger partial charge in [0.25, 0.3) is 0 Å². The number of fused-ring (bicyclic) bond motifs is 6. The minimum absolute atomic E-state index is 0.507. The zero-order chi connectivity index (χ0) is 45.7. The highest BCUT2D eigenvalue weighted by Gasteiger charge is 2.47. The van der Waals surface area contributed by atoms with E-state index in [9.17, 15) is 0 Å². The average Bonchev–Trinajstić information content (AvgIpc) is 3.96. The van der Waals surface area contributed by atoms with Crippen LogP contribution in [0.1, 0.15) is 22.3 Å². The molecular weight excluding hydrogens is 835 g/mol. The van der Waals surface area contributed by atoms with Gasteiger partial charge in [0.2, 0.25) is 0 Å². The number of rotatable bonds is 9. The summed E-state index contributed by atoms with van der Waals surface area (Å²) in [6.45, 7) is 0. The van der Waals surface area contributed by atoms with Crippen molar-refractivity contribution in [1.29, 1.82) is 0 Å². The molecule has 2 nitrogen and oxygen atoms in total. The minimum atomic E-state index is -0.507. The van der Waals surface area contributed by atoms with E-state index in [1.54, 1.807) is 0 Å². The van der Waals surface area contributed by atoms with Crippen molar-refractivity contribution in [2.24, 2.45) is 0 Å². The van der Waals surface area contributed by atoms with Crippen molar-refractivity contribution in [3.05, 3.63) is 295 Å². The van der Waals surface area contributed by atoms with Crippen LogP contribution in [0.2, 0.25) is 0 Å². The Bertz CT molecular complexity index is 3780. The molecule has 69 heavy (non-hydrogen) atoms. The van der Waals surface area contributed by atoms with E-state index in [4.69, 9.17) is 4.42 Å². The standard InChI is InChI=1S/C67H45NO/c1-4-19-47(20-5-1)54-25-10-11-26-55(54)48-37-42-53(43-38-48)68(52-40-35-46(36-41-52)49-39-44-65-60(45-49)57-28-14-17-34-64(57)69-65)63-33-16-13-27-56(63)58-30-18-32-62-66(58)59-29-12-15-31-61(59)67(62,50-21-6-2-7-22-50)51-23-8-3-9-24-51/h1-45H. The minimum Gasteiger partial charge on any atom is -0.456 e. The molecule has 12 aromatic rings. The van der Waals surface area contributed by atoms with E-state index in [-0.39, 0.29) is 0 Å². The molecule has 2 heteroatoms. The van der Waals surface area contributed by atoms with Crippen LogP contribution >= 0.6 is 0 Å². The SMILES string of the molecule is c1ccc(-c2ccccc2-c2ccc(N(c3ccc(-c4ccc5oc6ccccc6c5c4)cc3)c3ccccc3-c3cccc4c3-c3ccccc3C4(c3ccccc3)c3ccccc3)cc2)cc1. The van der Waals surface area contributed by atoms with Crippen LogP contribution in [0.15, 0.2) is 277 Å². The Balaban J connectivity index is 0.990. The molecule has 0 saturated carbocycles. The van der Waals surface area contributed by atoms with Gasteiger partial charge in [-0.2, -0.15) is 0 Å². The molecule has 0 spiro atoms. The van der Waals surface area contributed by atoms with Crippen molar-refractivity contribution in [3.8, 4) is 55.6 Å². The van der Waals surface area contributed by atoms with Gasteiger partial charge in [-0.05, 0) is 121 Å². The van der Waals surface area contributed by atoms with Crippen molar-refractivity contribution in [1.82, 2.24) is 0 Å². The highest BCUT2D eigenvalue weighted by molar-refractivity contribution is 6.06. The first kappa shape index (κ1) is 40.3. The van der Waals surface area contributed by atoms with Gasteiger partial charge in [-0.15, -0.1) is 0 Å². The Morgan fingerprint density at radius 2 is 0.768 bits per heavy atom. The summed E-state index contributed by atoms with van der Waals surface area (Å²) in [6.07, 6.45) is 0. The topological polar surface area (TPSA) is 16.4 Å². The molecule has 324 valence electrons. The van der Waals surface area contributed by atoms with E-state index in [1.165, 1.54) is 61.2 Å². The van der Waals surface area contributed by atoms with Crippen molar-refractivity contribution in [3.63, 3.8) is 0 Å². The fourth-order valence-corrected chi connectivity index (χ4v) is 11.1. The second-order valence-electron chi connectivity index (χ2n) is 17.9. The summed E-state index contributed by atoms with van der Waals surface area (Å²) in [6, 6.07) is 99.3. The maximum absolute atomic E-state index is 6.20. The number of hydrogen-bond acceptors (Lipinski definition) is 2. The molecule has 0 unspecified atom stereocenters. The average molecular weight is 880 g/mol. The van der Waals surface area contributed by atoms with Crippen LogP contribution in [0.3, 0.4) is 0 Å². The van der Waals surface area contributed by atoms with E-state index in [0.29, 0.717) is 0 Å². The molecule has 1 heterocycles. The van der Waals surface area contributed by atoms with Gasteiger partial charge < -0.3 is 9.32 Å². The molecule has 1 aliphatic rings. The summed E-state index contributed by atoms with van der Waals surface area (Å²) in [5.41, 5.74) is 21.5. The molecule has 0 atom stereocenters. The quantitative estimate of drug-likeness (QED) is 0.144. The number of benzene rings is 11. The molecule has 1 aromatic heterocycles. The molecule has 0 aliphatic heterocycles. The summed E-state index contributed by atoms with van der Waals surface area (Å²) >= 11 is 0. The predicted octanol–water partition coefficient (Wildman–Crippen LogP) is 18.1. The van der Waals surface area contributed by atoms with E-state index in [2.05, 4.69) is 266 Å². The van der Waals surface area contributed by atoms with Gasteiger partial charge >= 0.3 is 0 Å². The first-order chi connectivity index (χ1) is 34.2. The van der Waals surface area contributed by atoms with Crippen molar-refractivity contribution in [2.75, 3.05) is 4.90 Å². The maximum Gasteiger partial charge on any atom is 0.135 e. The smallest absolute Gasteiger partial charge is 0.135 e. The summed E-state index contributed by atoms with van der Waals surface area (Å²) in [4.78, 5) is 2.43. The summed E-state index contributed by atoms with van der Waals surface area (Å²) in [7, 11) is 0. The first-order valence-corrected chi connectivity index (χ1v) is 23.7. The highest BCUT2D eigenvalue weighted by Crippen LogP contribution is 2.59. The third-order valence-electron chi connectivity index (χ3n) is 14.2. The normalized spacial score (nSPS) is 12.5. The van der Waals surface area contributed by atoms with E-state index in [1.807, 2.05) is 12.1 Å². The third kappa shape index (κ3) is 6.64. The zero-order valence-electron chi connectivity index (χ0n) is 37.8. The van der Waals surface area contributed by atoms with Gasteiger partial charge in [0.15, 0.2) is 0 Å².